The summed E-state index contributed by atoms with van der Waals surface area (Å²) in [6, 6.07) is 12.6. The van der Waals surface area contributed by atoms with E-state index in [1.165, 1.54) is 6.07 Å². The Bertz CT molecular complexity index is 1410. The fraction of sp³-hybridized carbons (Fsp3) is 0.231. The molecule has 4 rings (SSSR count). The number of carbonyl (C=O) groups is 3. The SMILES string of the molecule is CCOC(=O)C1=C(COC(=O)c2cccc3c(=O)c(C)c(-c4ccccc4)oc23)NC(=O)NC1C. The van der Waals surface area contributed by atoms with Crippen molar-refractivity contribution in [2.24, 2.45) is 0 Å². The number of urea groups is 1. The Hall–Kier alpha value is -4.40. The minimum absolute atomic E-state index is 0.0448. The Labute approximate surface area is 200 Å². The van der Waals surface area contributed by atoms with Gasteiger partial charge in [-0.1, -0.05) is 36.4 Å². The van der Waals surface area contributed by atoms with Crippen LogP contribution < -0.4 is 16.1 Å². The first-order chi connectivity index (χ1) is 16.8. The average Bonchev–Trinajstić information content (AvgIpc) is 2.84. The van der Waals surface area contributed by atoms with E-state index in [0.717, 1.165) is 0 Å². The largest absolute Gasteiger partial charge is 0.463 e. The topological polar surface area (TPSA) is 124 Å². The first-order valence-electron chi connectivity index (χ1n) is 11.1. The highest BCUT2D eigenvalue weighted by atomic mass is 16.5. The average molecular weight is 476 g/mol. The number of benzene rings is 2. The number of carbonyl (C=O) groups excluding carboxylic acids is 3. The van der Waals surface area contributed by atoms with E-state index in [2.05, 4.69) is 10.6 Å². The van der Waals surface area contributed by atoms with Crippen LogP contribution in [-0.4, -0.2) is 37.2 Å². The summed E-state index contributed by atoms with van der Waals surface area (Å²) in [5.74, 6) is -1.05. The summed E-state index contributed by atoms with van der Waals surface area (Å²) in [4.78, 5) is 50.4. The normalized spacial score (nSPS) is 15.4. The summed E-state index contributed by atoms with van der Waals surface area (Å²) in [7, 11) is 0. The molecule has 180 valence electrons. The molecule has 0 saturated heterocycles. The third-order valence-corrected chi connectivity index (χ3v) is 5.61. The third-order valence-electron chi connectivity index (χ3n) is 5.61. The van der Waals surface area contributed by atoms with E-state index < -0.39 is 24.0 Å². The highest BCUT2D eigenvalue weighted by Crippen LogP contribution is 2.27. The Morgan fingerprint density at radius 3 is 2.46 bits per heavy atom. The van der Waals surface area contributed by atoms with E-state index in [1.54, 1.807) is 32.9 Å². The number of ether oxygens (including phenoxy) is 2. The van der Waals surface area contributed by atoms with Crippen molar-refractivity contribution in [3.63, 3.8) is 0 Å². The second kappa shape index (κ2) is 9.84. The molecule has 0 spiro atoms. The molecule has 1 unspecified atom stereocenters. The van der Waals surface area contributed by atoms with E-state index >= 15 is 0 Å². The van der Waals surface area contributed by atoms with Gasteiger partial charge in [0.2, 0.25) is 0 Å². The van der Waals surface area contributed by atoms with Gasteiger partial charge in [-0.15, -0.1) is 0 Å². The third kappa shape index (κ3) is 4.65. The Kier molecular flexibility index (Phi) is 6.68. The van der Waals surface area contributed by atoms with Crippen molar-refractivity contribution in [2.75, 3.05) is 13.2 Å². The van der Waals surface area contributed by atoms with Gasteiger partial charge in [0.1, 0.15) is 17.9 Å². The molecule has 0 fully saturated rings. The maximum atomic E-state index is 13.1. The number of amides is 2. The lowest BCUT2D eigenvalue weighted by atomic mass is 10.0. The predicted octanol–water partition coefficient (Wildman–Crippen LogP) is 3.44. The van der Waals surface area contributed by atoms with E-state index in [-0.39, 0.29) is 46.4 Å². The smallest absolute Gasteiger partial charge is 0.342 e. The van der Waals surface area contributed by atoms with Crippen molar-refractivity contribution >= 4 is 28.9 Å². The minimum Gasteiger partial charge on any atom is -0.463 e. The Morgan fingerprint density at radius 2 is 1.74 bits per heavy atom. The van der Waals surface area contributed by atoms with Crippen LogP contribution in [-0.2, 0) is 14.3 Å². The lowest BCUT2D eigenvalue weighted by molar-refractivity contribution is -0.139. The van der Waals surface area contributed by atoms with Crippen LogP contribution in [0.3, 0.4) is 0 Å². The number of hydrogen-bond donors (Lipinski definition) is 2. The second-order valence-electron chi connectivity index (χ2n) is 7.94. The number of esters is 2. The first kappa shape index (κ1) is 23.7. The molecular weight excluding hydrogens is 452 g/mol. The molecule has 0 aliphatic carbocycles. The van der Waals surface area contributed by atoms with Crippen LogP contribution in [0.15, 0.2) is 69.0 Å². The number of fused-ring (bicyclic) bond motifs is 1. The maximum absolute atomic E-state index is 13.1. The van der Waals surface area contributed by atoms with Crippen molar-refractivity contribution < 1.29 is 28.3 Å². The molecule has 0 saturated carbocycles. The van der Waals surface area contributed by atoms with Crippen molar-refractivity contribution in [1.82, 2.24) is 10.6 Å². The quantitative estimate of drug-likeness (QED) is 0.522. The number of hydrogen-bond acceptors (Lipinski definition) is 7. The van der Waals surface area contributed by atoms with Gasteiger partial charge >= 0.3 is 18.0 Å². The molecule has 1 aliphatic heterocycles. The Balaban J connectivity index is 1.70. The Morgan fingerprint density at radius 1 is 1.00 bits per heavy atom. The highest BCUT2D eigenvalue weighted by molar-refractivity contribution is 6.02. The van der Waals surface area contributed by atoms with Crippen molar-refractivity contribution in [1.29, 1.82) is 0 Å². The van der Waals surface area contributed by atoms with Crippen LogP contribution in [0.1, 0.15) is 29.8 Å². The zero-order chi connectivity index (χ0) is 25.1. The van der Waals surface area contributed by atoms with Crippen LogP contribution in [0.4, 0.5) is 4.79 Å². The fourth-order valence-electron chi connectivity index (χ4n) is 3.94. The minimum atomic E-state index is -0.780. The summed E-state index contributed by atoms with van der Waals surface area (Å²) in [6.45, 7) is 4.72. The summed E-state index contributed by atoms with van der Waals surface area (Å²) < 4.78 is 16.6. The van der Waals surface area contributed by atoms with Crippen molar-refractivity contribution in [3.8, 4) is 11.3 Å². The maximum Gasteiger partial charge on any atom is 0.342 e. The van der Waals surface area contributed by atoms with E-state index in [9.17, 15) is 19.2 Å². The lowest BCUT2D eigenvalue weighted by Crippen LogP contribution is -2.50. The van der Waals surface area contributed by atoms with Crippen LogP contribution in [0.25, 0.3) is 22.3 Å². The molecule has 0 radical (unpaired) electrons. The predicted molar refractivity (Wildman–Crippen MR) is 128 cm³/mol. The van der Waals surface area contributed by atoms with Crippen LogP contribution in [0.2, 0.25) is 0 Å². The van der Waals surface area contributed by atoms with Crippen molar-refractivity contribution in [3.05, 3.63) is 81.2 Å². The molecule has 3 aromatic rings. The molecular formula is C26H24N2O7. The molecule has 1 aliphatic rings. The molecule has 2 heterocycles. The van der Waals surface area contributed by atoms with Gasteiger partial charge in [-0.05, 0) is 32.9 Å². The number of para-hydroxylation sites is 1. The van der Waals surface area contributed by atoms with E-state index in [4.69, 9.17) is 13.9 Å². The van der Waals surface area contributed by atoms with Gasteiger partial charge in [0, 0.05) is 11.1 Å². The van der Waals surface area contributed by atoms with E-state index in [0.29, 0.717) is 16.9 Å². The van der Waals surface area contributed by atoms with Gasteiger partial charge in [0.15, 0.2) is 11.0 Å². The summed E-state index contributed by atoms with van der Waals surface area (Å²) >= 11 is 0. The standard InChI is InChI=1S/C26H24N2O7/c1-4-33-25(31)20-15(3)27-26(32)28-19(20)13-34-24(30)18-12-8-11-17-21(29)14(2)22(35-23(17)18)16-9-6-5-7-10-16/h5-12,15H,4,13H2,1-3H3,(H2,27,28,32). The van der Waals surface area contributed by atoms with Crippen LogP contribution in [0.5, 0.6) is 0 Å². The van der Waals surface area contributed by atoms with Gasteiger partial charge in [0.25, 0.3) is 0 Å². The van der Waals surface area contributed by atoms with E-state index in [1.807, 2.05) is 30.3 Å². The molecule has 0 bridgehead atoms. The zero-order valence-electron chi connectivity index (χ0n) is 19.5. The van der Waals surface area contributed by atoms with Crippen LogP contribution in [0, 0.1) is 6.92 Å². The zero-order valence-corrected chi connectivity index (χ0v) is 19.5. The molecule has 1 atom stereocenters. The molecule has 35 heavy (non-hydrogen) atoms. The molecule has 9 heteroatoms. The molecule has 9 nitrogen and oxygen atoms in total. The van der Waals surface area contributed by atoms with Gasteiger partial charge < -0.3 is 24.5 Å². The molecule has 1 aromatic heterocycles. The van der Waals surface area contributed by atoms with Gasteiger partial charge in [0.05, 0.1) is 29.3 Å². The van der Waals surface area contributed by atoms with Gasteiger partial charge in [-0.2, -0.15) is 0 Å². The lowest BCUT2D eigenvalue weighted by Gasteiger charge is -2.26. The van der Waals surface area contributed by atoms with Gasteiger partial charge in [-0.3, -0.25) is 4.79 Å². The van der Waals surface area contributed by atoms with Crippen LogP contribution >= 0.6 is 0 Å². The molecule has 2 N–H and O–H groups in total. The summed E-state index contributed by atoms with van der Waals surface area (Å²) in [5.41, 5.74) is 1.28. The number of nitrogens with one attached hydrogen (secondary N) is 2. The molecule has 2 aromatic carbocycles. The fourth-order valence-corrected chi connectivity index (χ4v) is 3.94. The number of rotatable bonds is 6. The second-order valence-corrected chi connectivity index (χ2v) is 7.94. The summed E-state index contributed by atoms with van der Waals surface area (Å²) in [6.07, 6.45) is 0. The summed E-state index contributed by atoms with van der Waals surface area (Å²) in [5, 5.41) is 5.32. The van der Waals surface area contributed by atoms with Gasteiger partial charge in [-0.25, -0.2) is 14.4 Å². The highest BCUT2D eigenvalue weighted by Gasteiger charge is 2.30. The molecule has 2 amide bonds. The van der Waals surface area contributed by atoms with Crippen molar-refractivity contribution in [2.45, 2.75) is 26.8 Å². The first-order valence-corrected chi connectivity index (χ1v) is 11.1. The monoisotopic (exact) mass is 476 g/mol.